The van der Waals surface area contributed by atoms with Crippen molar-refractivity contribution >= 4 is 23.2 Å². The van der Waals surface area contributed by atoms with Crippen LogP contribution in [-0.2, 0) is 11.8 Å². The van der Waals surface area contributed by atoms with Crippen molar-refractivity contribution in [3.8, 4) is 22.9 Å². The van der Waals surface area contributed by atoms with Gasteiger partial charge in [0.1, 0.15) is 17.2 Å². The fraction of sp³-hybridized carbons (Fsp3) is 0.345. The molecular formula is C29H31ClN4O4. The van der Waals surface area contributed by atoms with Crippen molar-refractivity contribution in [1.29, 1.82) is 0 Å². The molecule has 1 saturated carbocycles. The summed E-state index contributed by atoms with van der Waals surface area (Å²) in [6.45, 7) is 4.27. The number of nitrogens with zero attached hydrogens (tertiary/aromatic N) is 3. The predicted molar refractivity (Wildman–Crippen MR) is 147 cm³/mol. The number of rotatable bonds is 7. The number of anilines is 1. The van der Waals surface area contributed by atoms with Crippen LogP contribution in [0.1, 0.15) is 50.0 Å². The molecule has 0 spiro atoms. The van der Waals surface area contributed by atoms with Gasteiger partial charge in [0.05, 0.1) is 29.7 Å². The van der Waals surface area contributed by atoms with Crippen LogP contribution in [0.4, 0.5) is 5.69 Å². The maximum atomic E-state index is 13.3. The van der Waals surface area contributed by atoms with Gasteiger partial charge in [-0.05, 0) is 63.4 Å². The summed E-state index contributed by atoms with van der Waals surface area (Å²) >= 11 is 6.22. The largest absolute Gasteiger partial charge is 0.493 e. The third-order valence-corrected chi connectivity index (χ3v) is 7.48. The van der Waals surface area contributed by atoms with Crippen molar-refractivity contribution in [3.05, 3.63) is 81.6 Å². The van der Waals surface area contributed by atoms with Gasteiger partial charge in [0.2, 0.25) is 11.8 Å². The number of oxazole rings is 1. The number of hydrogen-bond donors (Lipinski definition) is 1. The van der Waals surface area contributed by atoms with E-state index in [0.717, 1.165) is 30.7 Å². The maximum absolute atomic E-state index is 13.3. The van der Waals surface area contributed by atoms with Crippen molar-refractivity contribution in [2.45, 2.75) is 45.4 Å². The van der Waals surface area contributed by atoms with Crippen molar-refractivity contribution < 1.29 is 13.9 Å². The summed E-state index contributed by atoms with van der Waals surface area (Å²) in [6, 6.07) is 14.7. The number of hydrogen-bond acceptors (Lipinski definition) is 5. The molecule has 1 amide bonds. The topological polar surface area (TPSA) is 91.3 Å². The molecule has 2 heterocycles. The van der Waals surface area contributed by atoms with E-state index in [1.807, 2.05) is 57.3 Å². The van der Waals surface area contributed by atoms with Gasteiger partial charge in [0.25, 0.3) is 5.56 Å². The molecule has 1 aliphatic carbocycles. The molecule has 5 rings (SSSR count). The minimum Gasteiger partial charge on any atom is -0.493 e. The average Bonchev–Trinajstić information content (AvgIpc) is 3.50. The third-order valence-electron chi connectivity index (χ3n) is 7.25. The Hall–Kier alpha value is -3.78. The molecule has 1 aliphatic rings. The van der Waals surface area contributed by atoms with Crippen LogP contribution in [0, 0.1) is 12.8 Å². The second-order valence-corrected chi connectivity index (χ2v) is 10.1. The summed E-state index contributed by atoms with van der Waals surface area (Å²) in [5.41, 5.74) is 2.21. The first-order chi connectivity index (χ1) is 18.4. The number of carbonyl (C=O) groups is 1. The fourth-order valence-electron chi connectivity index (χ4n) is 5.17. The zero-order chi connectivity index (χ0) is 26.8. The minimum atomic E-state index is -0.247. The second-order valence-electron chi connectivity index (χ2n) is 9.63. The van der Waals surface area contributed by atoms with E-state index in [9.17, 15) is 9.59 Å². The van der Waals surface area contributed by atoms with Gasteiger partial charge in [-0.25, -0.2) is 9.67 Å². The van der Waals surface area contributed by atoms with Gasteiger partial charge in [-0.2, -0.15) is 0 Å². The Balaban J connectivity index is 1.33. The Kier molecular flexibility index (Phi) is 7.42. The van der Waals surface area contributed by atoms with E-state index >= 15 is 0 Å². The molecule has 198 valence electrons. The molecule has 9 heteroatoms. The second kappa shape index (κ2) is 10.9. The molecule has 0 unspecified atom stereocenters. The number of nitrogens with one attached hydrogen (secondary N) is 1. The molecule has 0 saturated heterocycles. The van der Waals surface area contributed by atoms with Crippen molar-refractivity contribution in [3.63, 3.8) is 0 Å². The van der Waals surface area contributed by atoms with Crippen LogP contribution in [0.15, 0.2) is 63.9 Å². The highest BCUT2D eigenvalue weighted by molar-refractivity contribution is 6.30. The number of carbonyl (C=O) groups excluding carboxylic acids is 1. The Morgan fingerprint density at radius 2 is 2.00 bits per heavy atom. The zero-order valence-corrected chi connectivity index (χ0v) is 22.5. The lowest BCUT2D eigenvalue weighted by Crippen LogP contribution is -2.30. The number of aromatic nitrogens is 3. The first kappa shape index (κ1) is 25.9. The minimum absolute atomic E-state index is 0.0494. The SMILES string of the molecule is CCOc1ccc(Cl)cc1-c1ncc([C@H]2CCC[C@@H](C(=O)Nc3c(C)n(C)n(-c4ccccc4)c3=O)C2)o1. The third kappa shape index (κ3) is 5.00. The average molecular weight is 535 g/mol. The molecule has 2 atom stereocenters. The van der Waals surface area contributed by atoms with E-state index in [4.69, 9.17) is 20.8 Å². The van der Waals surface area contributed by atoms with E-state index in [1.165, 1.54) is 0 Å². The molecule has 38 heavy (non-hydrogen) atoms. The van der Waals surface area contributed by atoms with Crippen LogP contribution >= 0.6 is 11.6 Å². The highest BCUT2D eigenvalue weighted by Crippen LogP contribution is 2.39. The van der Waals surface area contributed by atoms with Gasteiger partial charge < -0.3 is 14.5 Å². The lowest BCUT2D eigenvalue weighted by atomic mass is 9.80. The van der Waals surface area contributed by atoms with Gasteiger partial charge in [0, 0.05) is 23.9 Å². The molecule has 1 N–H and O–H groups in total. The standard InChI is InChI=1S/C29H31ClN4O4/c1-4-37-24-14-13-21(30)16-23(24)28-31-17-25(38-28)19-9-8-10-20(15-19)27(35)32-26-18(2)33(3)34(29(26)36)22-11-6-5-7-12-22/h5-7,11-14,16-17,19-20H,4,8-10,15H2,1-3H3,(H,32,35)/t19-,20+/m0/s1. The summed E-state index contributed by atoms with van der Waals surface area (Å²) < 4.78 is 15.2. The molecule has 4 aromatic rings. The fourth-order valence-corrected chi connectivity index (χ4v) is 5.35. The summed E-state index contributed by atoms with van der Waals surface area (Å²) in [6.07, 6.45) is 4.88. The summed E-state index contributed by atoms with van der Waals surface area (Å²) in [5, 5.41) is 3.51. The highest BCUT2D eigenvalue weighted by Gasteiger charge is 2.31. The van der Waals surface area contributed by atoms with Gasteiger partial charge in [-0.3, -0.25) is 14.3 Å². The zero-order valence-electron chi connectivity index (χ0n) is 21.7. The van der Waals surface area contributed by atoms with Crippen LogP contribution in [0.3, 0.4) is 0 Å². The molecular weight excluding hydrogens is 504 g/mol. The smallest absolute Gasteiger partial charge is 0.295 e. The van der Waals surface area contributed by atoms with E-state index < -0.39 is 0 Å². The molecule has 2 aromatic carbocycles. The van der Waals surface area contributed by atoms with Gasteiger partial charge >= 0.3 is 0 Å². The number of ether oxygens (including phenoxy) is 1. The monoisotopic (exact) mass is 534 g/mol. The predicted octanol–water partition coefficient (Wildman–Crippen LogP) is 6.10. The summed E-state index contributed by atoms with van der Waals surface area (Å²) in [4.78, 5) is 31.1. The molecule has 0 bridgehead atoms. The van der Waals surface area contributed by atoms with Crippen LogP contribution < -0.4 is 15.6 Å². The lowest BCUT2D eigenvalue weighted by molar-refractivity contribution is -0.121. The first-order valence-corrected chi connectivity index (χ1v) is 13.3. The Morgan fingerprint density at radius 1 is 1.21 bits per heavy atom. The van der Waals surface area contributed by atoms with Crippen molar-refractivity contribution in [2.24, 2.45) is 13.0 Å². The lowest BCUT2D eigenvalue weighted by Gasteiger charge is -2.26. The van der Waals surface area contributed by atoms with Crippen LogP contribution in [0.5, 0.6) is 5.75 Å². The van der Waals surface area contributed by atoms with Crippen LogP contribution in [-0.4, -0.2) is 26.9 Å². The van der Waals surface area contributed by atoms with E-state index in [0.29, 0.717) is 46.6 Å². The van der Waals surface area contributed by atoms with E-state index in [2.05, 4.69) is 10.3 Å². The quantitative estimate of drug-likeness (QED) is 0.309. The van der Waals surface area contributed by atoms with Crippen molar-refractivity contribution in [1.82, 2.24) is 14.3 Å². The van der Waals surface area contributed by atoms with Gasteiger partial charge in [0.15, 0.2) is 0 Å². The van der Waals surface area contributed by atoms with Crippen LogP contribution in [0.2, 0.25) is 5.02 Å². The van der Waals surface area contributed by atoms with Crippen molar-refractivity contribution in [2.75, 3.05) is 11.9 Å². The van der Waals surface area contributed by atoms with E-state index in [1.54, 1.807) is 27.7 Å². The Morgan fingerprint density at radius 3 is 2.76 bits per heavy atom. The number of para-hydroxylation sites is 1. The maximum Gasteiger partial charge on any atom is 0.295 e. The number of benzene rings is 2. The van der Waals surface area contributed by atoms with Gasteiger partial charge in [-0.1, -0.05) is 36.2 Å². The highest BCUT2D eigenvalue weighted by atomic mass is 35.5. The molecule has 2 aromatic heterocycles. The molecule has 0 radical (unpaired) electrons. The van der Waals surface area contributed by atoms with Crippen LogP contribution in [0.25, 0.3) is 17.1 Å². The molecule has 1 fully saturated rings. The number of halogens is 1. The van der Waals surface area contributed by atoms with Gasteiger partial charge in [-0.15, -0.1) is 0 Å². The molecule has 8 nitrogen and oxygen atoms in total. The van der Waals surface area contributed by atoms with E-state index in [-0.39, 0.29) is 23.3 Å². The normalized spacial score (nSPS) is 17.4. The Labute approximate surface area is 226 Å². The molecule has 0 aliphatic heterocycles. The number of amides is 1. The summed E-state index contributed by atoms with van der Waals surface area (Å²) in [7, 11) is 1.81. The first-order valence-electron chi connectivity index (χ1n) is 12.9. The summed E-state index contributed by atoms with van der Waals surface area (Å²) in [5.74, 6) is 1.51. The Bertz CT molecular complexity index is 1500.